The van der Waals surface area contributed by atoms with Gasteiger partial charge in [-0.2, -0.15) is 0 Å². The standard InChI is InChI=1S/C83H146O17P2/c1-5-9-13-17-21-25-29-33-37-38-42-44-48-52-56-60-64-68-81(86)94-74-79(100-83(88)70-66-62-58-54-50-46-41-36-32-28-24-20-16-12-8-4)76-98-102(91,92)96-72-77(84)71-95-101(89,90)97-75-78(99-82(87)69-65-61-57-53-49-45-40-35-31-27-23-19-15-11-7-3)73-93-80(85)67-63-59-55-51-47-43-39-34-30-26-22-18-14-10-6-2/h9,13,21-22,24-26,28,33-37,39-41,77-79,84H,5-8,10-12,14-20,23,27,29-32,38,42-76H2,1-4H3,(H,89,90)(H,91,92)/b13-9-,25-21-,26-22-,28-24-,37-33-,39-34-,40-35-,41-36-. The molecule has 102 heavy (non-hydrogen) atoms. The molecule has 0 aromatic heterocycles. The molecule has 0 aromatic rings. The van der Waals surface area contributed by atoms with Crippen molar-refractivity contribution in [1.29, 1.82) is 0 Å². The molecular formula is C83H146O17P2. The van der Waals surface area contributed by atoms with Gasteiger partial charge in [0.05, 0.1) is 26.4 Å². The highest BCUT2D eigenvalue weighted by atomic mass is 31.2. The molecule has 0 aromatic carbocycles. The quantitative estimate of drug-likeness (QED) is 0.0169. The molecule has 3 N–H and O–H groups in total. The number of phosphoric acid groups is 2. The van der Waals surface area contributed by atoms with E-state index in [4.69, 9.17) is 37.0 Å². The summed E-state index contributed by atoms with van der Waals surface area (Å²) < 4.78 is 68.6. The number of aliphatic hydroxyl groups excluding tert-OH is 1. The van der Waals surface area contributed by atoms with Crippen LogP contribution in [0.1, 0.15) is 349 Å². The second-order valence-electron chi connectivity index (χ2n) is 27.0. The van der Waals surface area contributed by atoms with E-state index in [1.54, 1.807) is 0 Å². The van der Waals surface area contributed by atoms with Crippen LogP contribution in [-0.2, 0) is 65.4 Å². The van der Waals surface area contributed by atoms with Crippen molar-refractivity contribution in [1.82, 2.24) is 0 Å². The maximum Gasteiger partial charge on any atom is 0.472 e. The monoisotopic (exact) mass is 1480 g/mol. The van der Waals surface area contributed by atoms with Crippen molar-refractivity contribution in [3.63, 3.8) is 0 Å². The highest BCUT2D eigenvalue weighted by Gasteiger charge is 2.30. The molecule has 0 radical (unpaired) electrons. The lowest BCUT2D eigenvalue weighted by atomic mass is 10.1. The fourth-order valence-electron chi connectivity index (χ4n) is 10.8. The van der Waals surface area contributed by atoms with Crippen LogP contribution in [0.3, 0.4) is 0 Å². The minimum absolute atomic E-state index is 0.0766. The summed E-state index contributed by atoms with van der Waals surface area (Å²) in [4.78, 5) is 73.0. The van der Waals surface area contributed by atoms with Gasteiger partial charge < -0.3 is 33.8 Å². The van der Waals surface area contributed by atoms with Crippen LogP contribution in [0.25, 0.3) is 0 Å². The van der Waals surface area contributed by atoms with Crippen molar-refractivity contribution in [2.75, 3.05) is 39.6 Å². The van der Waals surface area contributed by atoms with E-state index in [2.05, 4.69) is 125 Å². The lowest BCUT2D eigenvalue weighted by molar-refractivity contribution is -0.161. The minimum atomic E-state index is -4.98. The number of allylic oxidation sites excluding steroid dienone is 16. The van der Waals surface area contributed by atoms with Crippen LogP contribution in [0.5, 0.6) is 0 Å². The van der Waals surface area contributed by atoms with Crippen LogP contribution >= 0.6 is 15.6 Å². The molecule has 0 aliphatic heterocycles. The van der Waals surface area contributed by atoms with E-state index in [0.717, 1.165) is 193 Å². The van der Waals surface area contributed by atoms with Gasteiger partial charge in [0.25, 0.3) is 0 Å². The van der Waals surface area contributed by atoms with E-state index < -0.39 is 97.5 Å². The number of phosphoric ester groups is 2. The van der Waals surface area contributed by atoms with Gasteiger partial charge in [-0.1, -0.05) is 273 Å². The van der Waals surface area contributed by atoms with E-state index in [-0.39, 0.29) is 25.7 Å². The molecule has 0 bridgehead atoms. The summed E-state index contributed by atoms with van der Waals surface area (Å²) in [5.41, 5.74) is 0. The lowest BCUT2D eigenvalue weighted by Crippen LogP contribution is -2.30. The van der Waals surface area contributed by atoms with Crippen LogP contribution in [0.15, 0.2) is 97.2 Å². The van der Waals surface area contributed by atoms with Crippen molar-refractivity contribution in [2.45, 2.75) is 367 Å². The van der Waals surface area contributed by atoms with E-state index in [1.807, 2.05) is 0 Å². The third kappa shape index (κ3) is 74.3. The Labute approximate surface area is 620 Å². The molecule has 17 nitrogen and oxygen atoms in total. The summed E-state index contributed by atoms with van der Waals surface area (Å²) in [6, 6.07) is 0. The average molecular weight is 1480 g/mol. The number of aliphatic hydroxyl groups is 1. The molecule has 0 heterocycles. The number of rotatable bonds is 76. The Hall–Kier alpha value is -4.02. The Morgan fingerprint density at radius 2 is 0.510 bits per heavy atom. The molecule has 0 aliphatic carbocycles. The Balaban J connectivity index is 5.38. The highest BCUT2D eigenvalue weighted by Crippen LogP contribution is 2.45. The molecule has 0 spiro atoms. The first-order valence-electron chi connectivity index (χ1n) is 40.5. The normalized spacial score (nSPS) is 14.4. The Morgan fingerprint density at radius 3 is 0.814 bits per heavy atom. The molecule has 5 atom stereocenters. The number of carbonyl (C=O) groups excluding carboxylic acids is 4. The SMILES string of the molecule is CC/C=C\C/C=C\C/C=C\CCCCCCCCCC(=O)OCC(COP(=O)(O)OCC(O)COP(=O)(O)OCC(COC(=O)CCCCCCC/C=C\C/C=C\CCCCC)OC(=O)CCCCCCC/C=C\CCCCCCCC)OC(=O)CCCCCCC/C=C\C/C=C\CCCCC. The predicted octanol–water partition coefficient (Wildman–Crippen LogP) is 23.6. The van der Waals surface area contributed by atoms with Gasteiger partial charge in [0.2, 0.25) is 0 Å². The molecule has 0 rings (SSSR count). The predicted molar refractivity (Wildman–Crippen MR) is 418 cm³/mol. The number of esters is 4. The van der Waals surface area contributed by atoms with Crippen LogP contribution in [0.4, 0.5) is 0 Å². The van der Waals surface area contributed by atoms with Gasteiger partial charge in [-0.05, 0) is 148 Å². The zero-order valence-corrected chi connectivity index (χ0v) is 66.3. The largest absolute Gasteiger partial charge is 0.472 e. The van der Waals surface area contributed by atoms with Crippen LogP contribution in [0.2, 0.25) is 0 Å². The molecular weight excluding hydrogens is 1330 g/mol. The molecule has 0 amide bonds. The molecule has 0 aliphatic rings. The molecule has 0 saturated carbocycles. The first kappa shape index (κ1) is 98.0. The van der Waals surface area contributed by atoms with Gasteiger partial charge in [-0.3, -0.25) is 37.3 Å². The summed E-state index contributed by atoms with van der Waals surface area (Å²) in [5.74, 6) is -2.21. The topological polar surface area (TPSA) is 237 Å². The van der Waals surface area contributed by atoms with E-state index >= 15 is 0 Å². The first-order chi connectivity index (χ1) is 49.7. The van der Waals surface area contributed by atoms with Crippen LogP contribution in [0, 0.1) is 0 Å². The Morgan fingerprint density at radius 1 is 0.284 bits per heavy atom. The van der Waals surface area contributed by atoms with Crippen molar-refractivity contribution in [2.24, 2.45) is 0 Å². The smallest absolute Gasteiger partial charge is 0.462 e. The number of hydrogen-bond donors (Lipinski definition) is 3. The highest BCUT2D eigenvalue weighted by molar-refractivity contribution is 7.47. The lowest BCUT2D eigenvalue weighted by Gasteiger charge is -2.21. The molecule has 5 unspecified atom stereocenters. The molecule has 590 valence electrons. The van der Waals surface area contributed by atoms with Crippen LogP contribution < -0.4 is 0 Å². The van der Waals surface area contributed by atoms with Crippen molar-refractivity contribution in [3.05, 3.63) is 97.2 Å². The zero-order valence-electron chi connectivity index (χ0n) is 64.5. The van der Waals surface area contributed by atoms with E-state index in [9.17, 15) is 43.2 Å². The zero-order chi connectivity index (χ0) is 74.6. The van der Waals surface area contributed by atoms with Crippen molar-refractivity contribution >= 4 is 39.5 Å². The number of hydrogen-bond acceptors (Lipinski definition) is 15. The maximum atomic E-state index is 13.1. The second kappa shape index (κ2) is 75.2. The third-order valence-corrected chi connectivity index (χ3v) is 18.9. The summed E-state index contributed by atoms with van der Waals surface area (Å²) in [6.45, 7) is 4.70. The number of carbonyl (C=O) groups is 4. The first-order valence-corrected chi connectivity index (χ1v) is 43.5. The summed E-state index contributed by atoms with van der Waals surface area (Å²) in [7, 11) is -9.96. The minimum Gasteiger partial charge on any atom is -0.462 e. The van der Waals surface area contributed by atoms with Gasteiger partial charge in [-0.15, -0.1) is 0 Å². The number of ether oxygens (including phenoxy) is 4. The molecule has 0 fully saturated rings. The van der Waals surface area contributed by atoms with Gasteiger partial charge in [0, 0.05) is 25.7 Å². The molecule has 19 heteroatoms. The fraction of sp³-hybridized carbons (Fsp3) is 0.759. The van der Waals surface area contributed by atoms with E-state index in [1.165, 1.54) is 77.0 Å². The van der Waals surface area contributed by atoms with E-state index in [0.29, 0.717) is 25.7 Å². The van der Waals surface area contributed by atoms with Crippen molar-refractivity contribution in [3.8, 4) is 0 Å². The number of unbranched alkanes of at least 4 members (excludes halogenated alkanes) is 34. The summed E-state index contributed by atoms with van der Waals surface area (Å²) >= 11 is 0. The van der Waals surface area contributed by atoms with Gasteiger partial charge in [0.15, 0.2) is 12.2 Å². The Kier molecular flexibility index (Phi) is 72.3. The van der Waals surface area contributed by atoms with Crippen molar-refractivity contribution < 1.29 is 80.2 Å². The second-order valence-corrected chi connectivity index (χ2v) is 29.9. The summed E-state index contributed by atoms with van der Waals surface area (Å²) in [5, 5.41) is 10.6. The summed E-state index contributed by atoms with van der Waals surface area (Å²) in [6.07, 6.45) is 79.4. The van der Waals surface area contributed by atoms with Gasteiger partial charge in [0.1, 0.15) is 19.3 Å². The van der Waals surface area contributed by atoms with Gasteiger partial charge in [-0.25, -0.2) is 9.13 Å². The molecule has 0 saturated heterocycles. The van der Waals surface area contributed by atoms with Gasteiger partial charge >= 0.3 is 39.5 Å². The maximum absolute atomic E-state index is 13.1. The average Bonchev–Trinajstić information content (AvgIpc) is 0.923. The third-order valence-electron chi connectivity index (χ3n) is 17.0. The van der Waals surface area contributed by atoms with Crippen LogP contribution in [-0.4, -0.2) is 96.7 Å². The fourth-order valence-corrected chi connectivity index (χ4v) is 12.4. The Bertz CT molecular complexity index is 2310.